The smallest absolute Gasteiger partial charge is 0.161 e. The van der Waals surface area contributed by atoms with E-state index in [1.807, 2.05) is 38.1 Å². The molecular formula is C14H18Br4O2. The molecule has 0 aliphatic carbocycles. The topological polar surface area (TPSA) is 18.5 Å². The summed E-state index contributed by atoms with van der Waals surface area (Å²) in [6.07, 6.45) is 0.0933. The Morgan fingerprint density at radius 1 is 0.850 bits per heavy atom. The predicted octanol–water partition coefficient (Wildman–Crippen LogP) is 5.54. The summed E-state index contributed by atoms with van der Waals surface area (Å²) in [5, 5.41) is 1.67. The van der Waals surface area contributed by atoms with E-state index in [-0.39, 0.29) is 21.9 Å². The molecule has 1 rings (SSSR count). The fourth-order valence-electron chi connectivity index (χ4n) is 1.44. The lowest BCUT2D eigenvalue weighted by Crippen LogP contribution is -2.27. The summed E-state index contributed by atoms with van der Waals surface area (Å²) in [5.74, 6) is 1.54. The van der Waals surface area contributed by atoms with Gasteiger partial charge in [-0.3, -0.25) is 0 Å². The summed E-state index contributed by atoms with van der Waals surface area (Å²) in [6.45, 7) is 4.07. The Morgan fingerprint density at radius 3 is 1.50 bits per heavy atom. The first-order valence-corrected chi connectivity index (χ1v) is 10.4. The van der Waals surface area contributed by atoms with Gasteiger partial charge in [-0.25, -0.2) is 0 Å². The second kappa shape index (κ2) is 9.70. The van der Waals surface area contributed by atoms with Gasteiger partial charge < -0.3 is 9.47 Å². The van der Waals surface area contributed by atoms with Crippen LogP contribution in [0.4, 0.5) is 0 Å². The molecule has 0 amide bonds. The molecule has 1 aromatic rings. The van der Waals surface area contributed by atoms with Crippen molar-refractivity contribution in [3.05, 3.63) is 24.3 Å². The lowest BCUT2D eigenvalue weighted by atomic mass is 10.2. The second-order valence-electron chi connectivity index (χ2n) is 4.43. The quantitative estimate of drug-likeness (QED) is 0.406. The number of hydrogen-bond donors (Lipinski definition) is 0. The zero-order valence-corrected chi connectivity index (χ0v) is 17.7. The molecule has 4 atom stereocenters. The number of rotatable bonds is 8. The highest BCUT2D eigenvalue weighted by atomic mass is 79.9. The maximum Gasteiger partial charge on any atom is 0.161 e. The van der Waals surface area contributed by atoms with Crippen LogP contribution in [0, 0.1) is 0 Å². The summed E-state index contributed by atoms with van der Waals surface area (Å²) in [4.78, 5) is 0.499. The maximum absolute atomic E-state index is 5.98. The van der Waals surface area contributed by atoms with E-state index in [9.17, 15) is 0 Å². The van der Waals surface area contributed by atoms with Gasteiger partial charge in [-0.1, -0.05) is 75.9 Å². The molecule has 0 N–H and O–H groups in total. The number of benzene rings is 1. The molecule has 0 aromatic heterocycles. The van der Waals surface area contributed by atoms with E-state index in [0.29, 0.717) is 0 Å². The summed E-state index contributed by atoms with van der Waals surface area (Å²) in [7, 11) is 0. The number of hydrogen-bond acceptors (Lipinski definition) is 2. The van der Waals surface area contributed by atoms with Crippen LogP contribution >= 0.6 is 63.7 Å². The number of ether oxygens (including phenoxy) is 2. The molecule has 0 radical (unpaired) electrons. The van der Waals surface area contributed by atoms with Crippen molar-refractivity contribution in [3.63, 3.8) is 0 Å². The van der Waals surface area contributed by atoms with Crippen LogP contribution in [-0.2, 0) is 0 Å². The van der Waals surface area contributed by atoms with Crippen molar-refractivity contribution < 1.29 is 9.47 Å². The van der Waals surface area contributed by atoms with Gasteiger partial charge in [-0.05, 0) is 26.0 Å². The highest BCUT2D eigenvalue weighted by molar-refractivity contribution is 9.12. The summed E-state index contributed by atoms with van der Waals surface area (Å²) >= 11 is 14.1. The molecule has 0 aliphatic rings. The van der Waals surface area contributed by atoms with Crippen molar-refractivity contribution >= 4 is 63.7 Å². The minimum atomic E-state index is 0.0466. The first-order valence-electron chi connectivity index (χ1n) is 6.32. The molecule has 4 unspecified atom stereocenters. The Balaban J connectivity index is 2.78. The van der Waals surface area contributed by atoms with E-state index in [2.05, 4.69) is 63.7 Å². The summed E-state index contributed by atoms with van der Waals surface area (Å²) < 4.78 is 12.0. The Kier molecular flexibility index (Phi) is 9.11. The van der Waals surface area contributed by atoms with E-state index >= 15 is 0 Å². The zero-order chi connectivity index (χ0) is 15.1. The summed E-state index contributed by atoms with van der Waals surface area (Å²) in [6, 6.07) is 7.77. The summed E-state index contributed by atoms with van der Waals surface area (Å²) in [5.41, 5.74) is 0. The minimum Gasteiger partial charge on any atom is -0.486 e. The van der Waals surface area contributed by atoms with Crippen molar-refractivity contribution in [1.82, 2.24) is 0 Å². The molecule has 1 aromatic carbocycles. The van der Waals surface area contributed by atoms with E-state index in [4.69, 9.17) is 9.47 Å². The van der Waals surface area contributed by atoms with Gasteiger partial charge in [0.15, 0.2) is 11.5 Å². The third-order valence-electron chi connectivity index (χ3n) is 2.79. The maximum atomic E-state index is 5.98. The normalized spacial score (nSPS) is 17.1. The SMILES string of the molecule is CC(Oc1ccccc1OC(C)C(Br)CBr)C(Br)CBr. The number of halogens is 4. The number of alkyl halides is 4. The molecular weight excluding hydrogens is 520 g/mol. The van der Waals surface area contributed by atoms with Crippen molar-refractivity contribution in [3.8, 4) is 11.5 Å². The molecule has 0 aliphatic heterocycles. The lowest BCUT2D eigenvalue weighted by Gasteiger charge is -2.23. The third kappa shape index (κ3) is 5.85. The molecule has 0 fully saturated rings. The average Bonchev–Trinajstić information content (AvgIpc) is 2.47. The van der Waals surface area contributed by atoms with E-state index in [1.54, 1.807) is 0 Å². The molecule has 6 heteroatoms. The van der Waals surface area contributed by atoms with Gasteiger partial charge in [0.05, 0.1) is 9.65 Å². The molecule has 0 bridgehead atoms. The van der Waals surface area contributed by atoms with Gasteiger partial charge in [0.1, 0.15) is 12.2 Å². The van der Waals surface area contributed by atoms with Gasteiger partial charge in [0.25, 0.3) is 0 Å². The van der Waals surface area contributed by atoms with Gasteiger partial charge in [-0.2, -0.15) is 0 Å². The van der Waals surface area contributed by atoms with Crippen LogP contribution in [0.25, 0.3) is 0 Å². The Morgan fingerprint density at radius 2 is 1.20 bits per heavy atom. The van der Waals surface area contributed by atoms with Crippen LogP contribution in [0.3, 0.4) is 0 Å². The fraction of sp³-hybridized carbons (Fsp3) is 0.571. The predicted molar refractivity (Wildman–Crippen MR) is 99.6 cm³/mol. The largest absolute Gasteiger partial charge is 0.486 e. The highest BCUT2D eigenvalue weighted by Gasteiger charge is 2.19. The van der Waals surface area contributed by atoms with E-state index < -0.39 is 0 Å². The first kappa shape index (κ1) is 18.8. The Hall–Kier alpha value is 0.740. The Bertz CT molecular complexity index is 366. The molecule has 0 heterocycles. The fourth-order valence-corrected chi connectivity index (χ4v) is 2.71. The Labute approximate surface area is 154 Å². The first-order chi connectivity index (χ1) is 9.49. The molecule has 20 heavy (non-hydrogen) atoms. The van der Waals surface area contributed by atoms with Crippen LogP contribution in [-0.4, -0.2) is 32.5 Å². The van der Waals surface area contributed by atoms with Gasteiger partial charge in [-0.15, -0.1) is 0 Å². The van der Waals surface area contributed by atoms with Gasteiger partial charge in [0.2, 0.25) is 0 Å². The minimum absolute atomic E-state index is 0.0466. The molecule has 0 spiro atoms. The van der Waals surface area contributed by atoms with Crippen LogP contribution in [0.15, 0.2) is 24.3 Å². The molecule has 0 saturated carbocycles. The zero-order valence-electron chi connectivity index (χ0n) is 11.4. The van der Waals surface area contributed by atoms with E-state index in [0.717, 1.165) is 22.2 Å². The van der Waals surface area contributed by atoms with Gasteiger partial charge >= 0.3 is 0 Å². The van der Waals surface area contributed by atoms with Crippen molar-refractivity contribution in [1.29, 1.82) is 0 Å². The second-order valence-corrected chi connectivity index (χ2v) is 8.08. The van der Waals surface area contributed by atoms with Crippen molar-refractivity contribution in [2.45, 2.75) is 35.7 Å². The lowest BCUT2D eigenvalue weighted by molar-refractivity contribution is 0.185. The van der Waals surface area contributed by atoms with Crippen molar-refractivity contribution in [2.24, 2.45) is 0 Å². The van der Waals surface area contributed by atoms with Gasteiger partial charge in [0, 0.05) is 10.7 Å². The van der Waals surface area contributed by atoms with Crippen LogP contribution in [0.1, 0.15) is 13.8 Å². The average molecular weight is 538 g/mol. The highest BCUT2D eigenvalue weighted by Crippen LogP contribution is 2.31. The van der Waals surface area contributed by atoms with Crippen LogP contribution < -0.4 is 9.47 Å². The van der Waals surface area contributed by atoms with Crippen molar-refractivity contribution in [2.75, 3.05) is 10.7 Å². The molecule has 0 saturated heterocycles. The van der Waals surface area contributed by atoms with E-state index in [1.165, 1.54) is 0 Å². The monoisotopic (exact) mass is 534 g/mol. The third-order valence-corrected chi connectivity index (χ3v) is 8.06. The number of para-hydroxylation sites is 2. The molecule has 114 valence electrons. The standard InChI is InChI=1S/C14H18Br4O2/c1-9(11(17)7-15)19-13-5-3-4-6-14(13)20-10(2)12(18)8-16/h3-6,9-12H,7-8H2,1-2H3. The van der Waals surface area contributed by atoms with Crippen LogP contribution in [0.5, 0.6) is 11.5 Å². The van der Waals surface area contributed by atoms with Crippen LogP contribution in [0.2, 0.25) is 0 Å². The molecule has 2 nitrogen and oxygen atoms in total.